The lowest BCUT2D eigenvalue weighted by Gasteiger charge is -2.13. The lowest BCUT2D eigenvalue weighted by Crippen LogP contribution is -2.17. The summed E-state index contributed by atoms with van der Waals surface area (Å²) in [5.74, 6) is 0.644. The van der Waals surface area contributed by atoms with Gasteiger partial charge in [-0.25, -0.2) is 4.39 Å². The van der Waals surface area contributed by atoms with Crippen LogP contribution in [-0.2, 0) is 19.6 Å². The summed E-state index contributed by atoms with van der Waals surface area (Å²) in [5.41, 5.74) is 3.26. The third kappa shape index (κ3) is 7.10. The van der Waals surface area contributed by atoms with Crippen molar-refractivity contribution in [2.24, 2.45) is 0 Å². The third-order valence-corrected chi connectivity index (χ3v) is 4.89. The topological polar surface area (TPSA) is 21.3 Å². The molecule has 6 heteroatoms. The molecule has 0 aliphatic carbocycles. The highest BCUT2D eigenvalue weighted by atomic mass is 79.9. The first-order valence-electron chi connectivity index (χ1n) is 8.71. The smallest absolute Gasteiger partial charge is 0.124 e. The Morgan fingerprint density at radius 2 is 1.61 bits per heavy atom. The van der Waals surface area contributed by atoms with Crippen LogP contribution in [0.25, 0.3) is 0 Å². The maximum atomic E-state index is 13.0. The van der Waals surface area contributed by atoms with Gasteiger partial charge in [-0.15, -0.1) is 12.4 Å². The number of nitrogens with one attached hydrogen (secondary N) is 1. The molecule has 0 bridgehead atoms. The van der Waals surface area contributed by atoms with Crippen molar-refractivity contribution in [2.45, 2.75) is 19.6 Å². The van der Waals surface area contributed by atoms with Crippen molar-refractivity contribution in [2.75, 3.05) is 6.54 Å². The Morgan fingerprint density at radius 1 is 0.929 bits per heavy atom. The van der Waals surface area contributed by atoms with E-state index < -0.39 is 0 Å². The number of ether oxygens (including phenoxy) is 1. The fourth-order valence-corrected chi connectivity index (χ4v) is 3.21. The third-order valence-electron chi connectivity index (χ3n) is 4.15. The molecule has 3 aromatic rings. The van der Waals surface area contributed by atoms with Gasteiger partial charge in [-0.1, -0.05) is 51.8 Å². The number of benzene rings is 3. The summed E-state index contributed by atoms with van der Waals surface area (Å²) in [6.07, 6.45) is 0.843. The molecular formula is C22H21BrCl2FNO. The van der Waals surface area contributed by atoms with Crippen molar-refractivity contribution in [1.29, 1.82) is 0 Å². The Labute approximate surface area is 184 Å². The van der Waals surface area contributed by atoms with Gasteiger partial charge in [-0.2, -0.15) is 0 Å². The summed E-state index contributed by atoms with van der Waals surface area (Å²) >= 11 is 9.44. The summed E-state index contributed by atoms with van der Waals surface area (Å²) in [4.78, 5) is 0. The highest BCUT2D eigenvalue weighted by molar-refractivity contribution is 9.10. The molecule has 0 aliphatic heterocycles. The molecular weight excluding hydrogens is 464 g/mol. The minimum Gasteiger partial charge on any atom is -0.489 e. The maximum absolute atomic E-state index is 13.0. The predicted molar refractivity (Wildman–Crippen MR) is 119 cm³/mol. The largest absolute Gasteiger partial charge is 0.489 e. The summed E-state index contributed by atoms with van der Waals surface area (Å²) in [7, 11) is 0. The van der Waals surface area contributed by atoms with Crippen LogP contribution in [0, 0.1) is 5.82 Å². The normalized spacial score (nSPS) is 10.4. The van der Waals surface area contributed by atoms with E-state index in [0.29, 0.717) is 18.2 Å². The molecule has 0 amide bonds. The van der Waals surface area contributed by atoms with Gasteiger partial charge in [0.2, 0.25) is 0 Å². The zero-order chi connectivity index (χ0) is 19.1. The average molecular weight is 485 g/mol. The van der Waals surface area contributed by atoms with Crippen molar-refractivity contribution in [1.82, 2.24) is 5.32 Å². The first-order valence-corrected chi connectivity index (χ1v) is 9.88. The maximum Gasteiger partial charge on any atom is 0.124 e. The molecule has 3 rings (SSSR count). The lowest BCUT2D eigenvalue weighted by atomic mass is 10.1. The number of hydrogen-bond donors (Lipinski definition) is 1. The van der Waals surface area contributed by atoms with Crippen molar-refractivity contribution in [3.8, 4) is 5.75 Å². The highest BCUT2D eigenvalue weighted by Crippen LogP contribution is 2.24. The molecule has 0 atom stereocenters. The van der Waals surface area contributed by atoms with E-state index >= 15 is 0 Å². The summed E-state index contributed by atoms with van der Waals surface area (Å²) in [5, 5.41) is 4.14. The standard InChI is InChI=1S/C22H20BrClFNO.ClH/c23-19-5-10-22(27-15-17-1-6-20(24)7-2-17)18(13-19)14-26-12-11-16-3-8-21(25)9-4-16;/h1-10,13,26H,11-12,14-15H2;1H. The van der Waals surface area contributed by atoms with E-state index in [-0.39, 0.29) is 18.2 Å². The van der Waals surface area contributed by atoms with Gasteiger partial charge in [0.25, 0.3) is 0 Å². The Balaban J connectivity index is 0.00000280. The monoisotopic (exact) mass is 483 g/mol. The lowest BCUT2D eigenvalue weighted by molar-refractivity contribution is 0.302. The van der Waals surface area contributed by atoms with Crippen molar-refractivity contribution < 1.29 is 9.13 Å². The van der Waals surface area contributed by atoms with Crippen LogP contribution in [0.2, 0.25) is 5.02 Å². The van der Waals surface area contributed by atoms with E-state index in [1.165, 1.54) is 12.1 Å². The highest BCUT2D eigenvalue weighted by Gasteiger charge is 2.06. The van der Waals surface area contributed by atoms with E-state index in [4.69, 9.17) is 16.3 Å². The molecule has 0 spiro atoms. The molecule has 0 unspecified atom stereocenters. The van der Waals surface area contributed by atoms with E-state index in [0.717, 1.165) is 39.9 Å². The van der Waals surface area contributed by atoms with Crippen LogP contribution in [0.15, 0.2) is 71.2 Å². The van der Waals surface area contributed by atoms with Gasteiger partial charge < -0.3 is 10.1 Å². The number of rotatable bonds is 8. The summed E-state index contributed by atoms with van der Waals surface area (Å²) in [6, 6.07) is 20.3. The second kappa shape index (κ2) is 11.4. The van der Waals surface area contributed by atoms with Gasteiger partial charge in [0.05, 0.1) is 0 Å². The van der Waals surface area contributed by atoms with E-state index in [1.807, 2.05) is 48.5 Å². The molecule has 0 saturated heterocycles. The zero-order valence-electron chi connectivity index (χ0n) is 15.1. The quantitative estimate of drug-likeness (QED) is 0.365. The van der Waals surface area contributed by atoms with Crippen LogP contribution in [0.4, 0.5) is 4.39 Å². The summed E-state index contributed by atoms with van der Waals surface area (Å²) in [6.45, 7) is 1.98. The Morgan fingerprint density at radius 3 is 2.32 bits per heavy atom. The van der Waals surface area contributed by atoms with Gasteiger partial charge in [0.15, 0.2) is 0 Å². The molecule has 2 nitrogen and oxygen atoms in total. The van der Waals surface area contributed by atoms with Crippen molar-refractivity contribution in [3.05, 3.63) is 98.7 Å². The summed E-state index contributed by atoms with van der Waals surface area (Å²) < 4.78 is 20.0. The molecule has 28 heavy (non-hydrogen) atoms. The molecule has 0 fully saturated rings. The SMILES string of the molecule is Cl.Fc1ccc(CCNCc2cc(Br)ccc2OCc2ccc(Cl)cc2)cc1. The molecule has 148 valence electrons. The molecule has 0 heterocycles. The predicted octanol–water partition coefficient (Wildman–Crippen LogP) is 6.57. The minimum absolute atomic E-state index is 0. The van der Waals surface area contributed by atoms with Gasteiger partial charge in [-0.05, 0) is 66.6 Å². The number of halogens is 4. The van der Waals surface area contributed by atoms with Crippen LogP contribution in [0.1, 0.15) is 16.7 Å². The Hall–Kier alpha value is -1.59. The van der Waals surface area contributed by atoms with Gasteiger partial charge in [0, 0.05) is 21.6 Å². The van der Waals surface area contributed by atoms with Crippen LogP contribution >= 0.6 is 39.9 Å². The second-order valence-electron chi connectivity index (χ2n) is 6.22. The molecule has 0 aromatic heterocycles. The first-order chi connectivity index (χ1) is 13.1. The van der Waals surface area contributed by atoms with Crippen molar-refractivity contribution in [3.63, 3.8) is 0 Å². The molecule has 1 N–H and O–H groups in total. The minimum atomic E-state index is -0.205. The van der Waals surface area contributed by atoms with Gasteiger partial charge in [0.1, 0.15) is 18.2 Å². The fraction of sp³-hybridized carbons (Fsp3) is 0.182. The molecule has 0 saturated carbocycles. The zero-order valence-corrected chi connectivity index (χ0v) is 18.3. The average Bonchev–Trinajstić information content (AvgIpc) is 2.67. The Bertz CT molecular complexity index is 873. The molecule has 3 aromatic carbocycles. The second-order valence-corrected chi connectivity index (χ2v) is 7.57. The molecule has 0 aliphatic rings. The van der Waals surface area contributed by atoms with Gasteiger partial charge in [-0.3, -0.25) is 0 Å². The van der Waals surface area contributed by atoms with Gasteiger partial charge >= 0.3 is 0 Å². The van der Waals surface area contributed by atoms with E-state index in [9.17, 15) is 4.39 Å². The Kier molecular flexibility index (Phi) is 9.26. The van der Waals surface area contributed by atoms with E-state index in [1.54, 1.807) is 0 Å². The van der Waals surface area contributed by atoms with Crippen LogP contribution in [0.5, 0.6) is 5.75 Å². The number of hydrogen-bond acceptors (Lipinski definition) is 2. The molecule has 0 radical (unpaired) electrons. The fourth-order valence-electron chi connectivity index (χ4n) is 2.68. The van der Waals surface area contributed by atoms with Crippen LogP contribution in [-0.4, -0.2) is 6.54 Å². The van der Waals surface area contributed by atoms with Crippen LogP contribution < -0.4 is 10.1 Å². The van der Waals surface area contributed by atoms with E-state index in [2.05, 4.69) is 27.3 Å². The van der Waals surface area contributed by atoms with Crippen LogP contribution in [0.3, 0.4) is 0 Å². The first kappa shape index (κ1) is 22.7. The van der Waals surface area contributed by atoms with Crippen molar-refractivity contribution >= 4 is 39.9 Å².